The molecule has 1 saturated carbocycles. The number of fused-ring (bicyclic) bond motifs is 3. The smallest absolute Gasteiger partial charge is 0.307 e. The molecule has 44 heavy (non-hydrogen) atoms. The molecule has 0 aromatic heterocycles. The van der Waals surface area contributed by atoms with E-state index in [1.54, 1.807) is 0 Å². The van der Waals surface area contributed by atoms with Gasteiger partial charge in [-0.05, 0) is 88.6 Å². The van der Waals surface area contributed by atoms with Gasteiger partial charge in [0.1, 0.15) is 0 Å². The monoisotopic (exact) mass is 618 g/mol. The van der Waals surface area contributed by atoms with Crippen LogP contribution in [0, 0.1) is 5.41 Å². The molecule has 1 fully saturated rings. The second kappa shape index (κ2) is 11.6. The second-order valence-corrected chi connectivity index (χ2v) is 13.1. The molecular weight excluding hydrogens is 583 g/mol. The van der Waals surface area contributed by atoms with Crippen LogP contribution in [0.5, 0.6) is 0 Å². The van der Waals surface area contributed by atoms with Crippen LogP contribution < -0.4 is 0 Å². The molecule has 2 nitrogen and oxygen atoms in total. The maximum atomic E-state index is 13.9. The summed E-state index contributed by atoms with van der Waals surface area (Å²) in [6.45, 7) is 11.2. The van der Waals surface area contributed by atoms with Gasteiger partial charge in [-0.3, -0.25) is 4.79 Å². The molecule has 0 spiro atoms. The van der Waals surface area contributed by atoms with Crippen molar-refractivity contribution in [2.24, 2.45) is 5.41 Å². The Morgan fingerprint density at radius 1 is 0.773 bits per heavy atom. The number of hydrogen-bond acceptors (Lipinski definition) is 2. The van der Waals surface area contributed by atoms with Crippen LogP contribution in [0.25, 0.3) is 11.1 Å². The topological polar surface area (TPSA) is 26.3 Å². The number of carbonyl (C=O) groups excluding carboxylic acids is 1. The molecule has 0 aliphatic heterocycles. The lowest BCUT2D eigenvalue weighted by molar-refractivity contribution is -0.144. The molecule has 4 aromatic rings. The van der Waals surface area contributed by atoms with Crippen LogP contribution in [0.4, 0.5) is 0 Å². The Kier molecular flexibility index (Phi) is 7.94. The predicted octanol–water partition coefficient (Wildman–Crippen LogP) is 10.9. The van der Waals surface area contributed by atoms with Crippen LogP contribution in [0.15, 0.2) is 125 Å². The van der Waals surface area contributed by atoms with Crippen molar-refractivity contribution in [2.75, 3.05) is 6.61 Å². The fourth-order valence-corrected chi connectivity index (χ4v) is 8.14. The van der Waals surface area contributed by atoms with E-state index in [1.807, 2.05) is 37.3 Å². The Balaban J connectivity index is 1.88. The second-order valence-electron chi connectivity index (χ2n) is 12.3. The fourth-order valence-electron chi connectivity index (χ4n) is 7.84. The third-order valence-electron chi connectivity index (χ3n) is 9.06. The Labute approximate surface area is 270 Å². The van der Waals surface area contributed by atoms with E-state index < -0.39 is 10.8 Å². The molecule has 0 radical (unpaired) electrons. The van der Waals surface area contributed by atoms with Crippen molar-refractivity contribution >= 4 is 40.3 Å². The average Bonchev–Trinajstić information content (AvgIpc) is 3.38. The fraction of sp³-hybridized carbons (Fsp3) is 0.225. The SMILES string of the molecule is CCOC(=O)CC12C(=C(c3ccc(Cl)c(Cl)c3)c3ccccc31)C(=C(C)C)C(C)(C)C2=C(c1ccccc1)c1ccccc1. The van der Waals surface area contributed by atoms with Gasteiger partial charge in [-0.15, -0.1) is 0 Å². The maximum absolute atomic E-state index is 13.9. The van der Waals surface area contributed by atoms with Gasteiger partial charge in [0.15, 0.2) is 0 Å². The molecule has 0 amide bonds. The Morgan fingerprint density at radius 3 is 1.93 bits per heavy atom. The summed E-state index contributed by atoms with van der Waals surface area (Å²) in [7, 11) is 0. The molecule has 0 bridgehead atoms. The van der Waals surface area contributed by atoms with Crippen LogP contribution in [0.3, 0.4) is 0 Å². The first kappa shape index (κ1) is 30.2. The molecule has 0 N–H and O–H groups in total. The van der Waals surface area contributed by atoms with E-state index in [9.17, 15) is 4.79 Å². The van der Waals surface area contributed by atoms with Gasteiger partial charge >= 0.3 is 5.97 Å². The lowest BCUT2D eigenvalue weighted by Gasteiger charge is -2.36. The van der Waals surface area contributed by atoms with E-state index in [0.717, 1.165) is 44.5 Å². The normalized spacial score (nSPS) is 18.2. The molecule has 6 rings (SSSR count). The first-order valence-corrected chi connectivity index (χ1v) is 15.9. The number of hydrogen-bond donors (Lipinski definition) is 0. The molecular formula is C40H36Cl2O2. The van der Waals surface area contributed by atoms with E-state index in [0.29, 0.717) is 16.7 Å². The summed E-state index contributed by atoms with van der Waals surface area (Å²) in [4.78, 5) is 13.9. The first-order chi connectivity index (χ1) is 21.1. The Morgan fingerprint density at radius 2 is 1.36 bits per heavy atom. The summed E-state index contributed by atoms with van der Waals surface area (Å²) in [5, 5.41) is 1.01. The number of benzene rings is 4. The first-order valence-electron chi connectivity index (χ1n) is 15.1. The molecule has 4 heteroatoms. The van der Waals surface area contributed by atoms with Crippen molar-refractivity contribution in [1.29, 1.82) is 0 Å². The van der Waals surface area contributed by atoms with Gasteiger partial charge in [-0.1, -0.05) is 134 Å². The molecule has 0 saturated heterocycles. The number of allylic oxidation sites excluding steroid dienone is 4. The van der Waals surface area contributed by atoms with Crippen molar-refractivity contribution < 1.29 is 9.53 Å². The van der Waals surface area contributed by atoms with Gasteiger partial charge in [0, 0.05) is 5.41 Å². The van der Waals surface area contributed by atoms with E-state index in [1.165, 1.54) is 16.7 Å². The molecule has 0 heterocycles. The van der Waals surface area contributed by atoms with Crippen molar-refractivity contribution in [3.05, 3.63) is 163 Å². The minimum Gasteiger partial charge on any atom is -0.466 e. The zero-order valence-electron chi connectivity index (χ0n) is 25.8. The van der Waals surface area contributed by atoms with E-state index in [2.05, 4.69) is 100 Å². The molecule has 1 unspecified atom stereocenters. The van der Waals surface area contributed by atoms with E-state index in [-0.39, 0.29) is 12.4 Å². The number of ether oxygens (including phenoxy) is 1. The quantitative estimate of drug-likeness (QED) is 0.201. The highest BCUT2D eigenvalue weighted by molar-refractivity contribution is 6.42. The van der Waals surface area contributed by atoms with Gasteiger partial charge in [-0.2, -0.15) is 0 Å². The van der Waals surface area contributed by atoms with Crippen LogP contribution in [-0.4, -0.2) is 12.6 Å². The van der Waals surface area contributed by atoms with E-state index >= 15 is 0 Å². The molecule has 2 aliphatic rings. The highest BCUT2D eigenvalue weighted by Gasteiger charge is 2.62. The van der Waals surface area contributed by atoms with Gasteiger partial charge in [0.2, 0.25) is 0 Å². The standard InChI is InChI=1S/C40H36Cl2O2/c1-6-44-33(43)24-40-30-20-14-13-19-29(30)35(28-21-22-31(41)32(42)23-28)37(40)36(25(2)3)39(4,5)38(40)34(26-15-9-7-10-16-26)27-17-11-8-12-18-27/h7-23H,6,24H2,1-5H3. The lowest BCUT2D eigenvalue weighted by atomic mass is 9.66. The molecule has 222 valence electrons. The van der Waals surface area contributed by atoms with Crippen molar-refractivity contribution in [3.63, 3.8) is 0 Å². The van der Waals surface area contributed by atoms with Crippen molar-refractivity contribution in [1.82, 2.24) is 0 Å². The number of carbonyl (C=O) groups is 1. The largest absolute Gasteiger partial charge is 0.466 e. The van der Waals surface area contributed by atoms with Crippen LogP contribution >= 0.6 is 23.2 Å². The van der Waals surface area contributed by atoms with Crippen LogP contribution in [0.2, 0.25) is 10.0 Å². The summed E-state index contributed by atoms with van der Waals surface area (Å²) >= 11 is 13.1. The number of esters is 1. The summed E-state index contributed by atoms with van der Waals surface area (Å²) in [5.41, 5.74) is 11.2. The van der Waals surface area contributed by atoms with Crippen LogP contribution in [-0.2, 0) is 14.9 Å². The predicted molar refractivity (Wildman–Crippen MR) is 183 cm³/mol. The van der Waals surface area contributed by atoms with Crippen molar-refractivity contribution in [2.45, 2.75) is 46.5 Å². The van der Waals surface area contributed by atoms with Gasteiger partial charge < -0.3 is 4.74 Å². The highest BCUT2D eigenvalue weighted by atomic mass is 35.5. The zero-order chi connectivity index (χ0) is 31.2. The van der Waals surface area contributed by atoms with E-state index in [4.69, 9.17) is 27.9 Å². The minimum absolute atomic E-state index is 0.177. The van der Waals surface area contributed by atoms with Gasteiger partial charge in [-0.25, -0.2) is 0 Å². The lowest BCUT2D eigenvalue weighted by Crippen LogP contribution is -2.32. The van der Waals surface area contributed by atoms with Crippen LogP contribution in [0.1, 0.15) is 68.9 Å². The maximum Gasteiger partial charge on any atom is 0.307 e. The highest BCUT2D eigenvalue weighted by Crippen LogP contribution is 2.71. The Bertz CT molecular complexity index is 1820. The zero-order valence-corrected chi connectivity index (χ0v) is 27.3. The van der Waals surface area contributed by atoms with Gasteiger partial charge in [0.05, 0.1) is 28.5 Å². The molecule has 1 atom stereocenters. The van der Waals surface area contributed by atoms with Gasteiger partial charge in [0.25, 0.3) is 0 Å². The third kappa shape index (κ3) is 4.67. The van der Waals surface area contributed by atoms with Crippen molar-refractivity contribution in [3.8, 4) is 0 Å². The Hall–Kier alpha value is -3.85. The summed E-state index contributed by atoms with van der Waals surface area (Å²) in [5.74, 6) is -0.223. The average molecular weight is 620 g/mol. The summed E-state index contributed by atoms with van der Waals surface area (Å²) in [6, 6.07) is 35.5. The summed E-state index contributed by atoms with van der Waals surface area (Å²) in [6.07, 6.45) is 0.177. The number of halogens is 2. The minimum atomic E-state index is -0.790. The summed E-state index contributed by atoms with van der Waals surface area (Å²) < 4.78 is 5.76. The molecule has 2 aliphatic carbocycles. The third-order valence-corrected chi connectivity index (χ3v) is 9.80. The molecule has 4 aromatic carbocycles. The number of rotatable bonds is 6.